The molecule has 3 nitrogen and oxygen atoms in total. The van der Waals surface area contributed by atoms with E-state index in [0.717, 1.165) is 29.0 Å². The summed E-state index contributed by atoms with van der Waals surface area (Å²) in [6.07, 6.45) is 31.5. The van der Waals surface area contributed by atoms with Gasteiger partial charge < -0.3 is 17.2 Å². The average Bonchev–Trinajstić information content (AvgIpc) is 2.99. The van der Waals surface area contributed by atoms with Gasteiger partial charge in [0, 0.05) is 11.4 Å². The molecule has 0 bridgehead atoms. The summed E-state index contributed by atoms with van der Waals surface area (Å²) in [5.41, 5.74) is 20.4. The molecule has 3 heteroatoms. The van der Waals surface area contributed by atoms with Crippen LogP contribution in [-0.4, -0.2) is 6.54 Å². The van der Waals surface area contributed by atoms with Crippen molar-refractivity contribution in [2.75, 3.05) is 18.0 Å². The summed E-state index contributed by atoms with van der Waals surface area (Å²) < 4.78 is 0. The molecule has 0 heterocycles. The largest absolute Gasteiger partial charge is 0.399 e. The zero-order valence-corrected chi connectivity index (χ0v) is 27.6. The van der Waals surface area contributed by atoms with E-state index in [4.69, 9.17) is 17.2 Å². The number of nitrogen functional groups attached to an aromatic ring is 2. The van der Waals surface area contributed by atoms with Gasteiger partial charge in [0.1, 0.15) is 0 Å². The lowest BCUT2D eigenvalue weighted by Crippen LogP contribution is -1.97. The minimum absolute atomic E-state index is 0.782. The standard InChI is InChI=1S/C18H38.C12H12N2.C8H19N/c1-3-5-7-9-11-13-15-17-18-16-14-12-10-8-6-4-2;13-11-5-1-9(2-6-11)10-3-7-12(14)8-4-10;1-2-3-4-5-6-7-8-9/h3-18H2,1-2H3;1-8H,13-14H2;2-9H2,1H3. The van der Waals surface area contributed by atoms with Crippen LogP contribution in [0.3, 0.4) is 0 Å². The molecule has 2 aromatic carbocycles. The predicted molar refractivity (Wildman–Crippen MR) is 188 cm³/mol. The van der Waals surface area contributed by atoms with Gasteiger partial charge in [0.25, 0.3) is 0 Å². The van der Waals surface area contributed by atoms with Gasteiger partial charge in [-0.05, 0) is 48.4 Å². The number of unbranched alkanes of at least 4 members (excludes halogenated alkanes) is 20. The van der Waals surface area contributed by atoms with E-state index >= 15 is 0 Å². The van der Waals surface area contributed by atoms with Crippen LogP contribution in [-0.2, 0) is 0 Å². The van der Waals surface area contributed by atoms with Gasteiger partial charge in [-0.25, -0.2) is 0 Å². The van der Waals surface area contributed by atoms with Crippen LogP contribution in [0.2, 0.25) is 0 Å². The lowest BCUT2D eigenvalue weighted by Gasteiger charge is -2.03. The topological polar surface area (TPSA) is 78.1 Å². The van der Waals surface area contributed by atoms with Crippen molar-refractivity contribution in [2.24, 2.45) is 5.73 Å². The predicted octanol–water partition coefficient (Wildman–Crippen LogP) is 12.1. The Kier molecular flexibility index (Phi) is 29.4. The molecule has 0 radical (unpaired) electrons. The van der Waals surface area contributed by atoms with E-state index in [1.165, 1.54) is 141 Å². The zero-order chi connectivity index (χ0) is 30.2. The van der Waals surface area contributed by atoms with Crippen molar-refractivity contribution in [2.45, 2.75) is 162 Å². The maximum absolute atomic E-state index is 5.61. The van der Waals surface area contributed by atoms with Crippen molar-refractivity contribution >= 4 is 11.4 Å². The highest BCUT2D eigenvalue weighted by molar-refractivity contribution is 5.67. The average molecular weight is 568 g/mol. The third-order valence-electron chi connectivity index (χ3n) is 7.67. The van der Waals surface area contributed by atoms with Gasteiger partial charge in [0.05, 0.1) is 0 Å². The second-order valence-corrected chi connectivity index (χ2v) is 11.8. The number of nitrogens with two attached hydrogens (primary N) is 3. The first-order valence-corrected chi connectivity index (χ1v) is 17.5. The van der Waals surface area contributed by atoms with Crippen LogP contribution in [0.15, 0.2) is 48.5 Å². The van der Waals surface area contributed by atoms with Gasteiger partial charge >= 0.3 is 0 Å². The molecule has 0 aliphatic heterocycles. The maximum atomic E-state index is 5.61. The fourth-order valence-corrected chi connectivity index (χ4v) is 4.90. The Morgan fingerprint density at radius 2 is 0.561 bits per heavy atom. The summed E-state index contributed by atoms with van der Waals surface area (Å²) in [6, 6.07) is 15.6. The van der Waals surface area contributed by atoms with Crippen molar-refractivity contribution in [1.82, 2.24) is 0 Å². The number of hydrogen-bond acceptors (Lipinski definition) is 3. The molecule has 0 amide bonds. The molecule has 236 valence electrons. The van der Waals surface area contributed by atoms with Gasteiger partial charge in [0.2, 0.25) is 0 Å². The summed E-state index contributed by atoms with van der Waals surface area (Å²) in [7, 11) is 0. The SMILES string of the molecule is CCCCCCCCCCCCCCCCCC.CCCCCCCCN.Nc1ccc(-c2ccc(N)cc2)cc1. The van der Waals surface area contributed by atoms with E-state index in [1.807, 2.05) is 48.5 Å². The monoisotopic (exact) mass is 568 g/mol. The van der Waals surface area contributed by atoms with Crippen LogP contribution in [0, 0.1) is 0 Å². The minimum Gasteiger partial charge on any atom is -0.399 e. The van der Waals surface area contributed by atoms with E-state index in [9.17, 15) is 0 Å². The summed E-state index contributed by atoms with van der Waals surface area (Å²) in [4.78, 5) is 0. The Labute approximate surface area is 256 Å². The first-order valence-electron chi connectivity index (χ1n) is 17.5. The third-order valence-corrected chi connectivity index (χ3v) is 7.67. The molecule has 2 rings (SSSR count). The first-order chi connectivity index (χ1) is 20.1. The van der Waals surface area contributed by atoms with E-state index in [2.05, 4.69) is 20.8 Å². The van der Waals surface area contributed by atoms with Crippen molar-refractivity contribution in [1.29, 1.82) is 0 Å². The van der Waals surface area contributed by atoms with Gasteiger partial charge in [-0.2, -0.15) is 0 Å². The number of benzene rings is 2. The Hall–Kier alpha value is -2.00. The second-order valence-electron chi connectivity index (χ2n) is 11.8. The highest BCUT2D eigenvalue weighted by Gasteiger charge is 1.96. The van der Waals surface area contributed by atoms with Crippen molar-refractivity contribution in [3.05, 3.63) is 48.5 Å². The summed E-state index contributed by atoms with van der Waals surface area (Å²) in [5, 5.41) is 0. The van der Waals surface area contributed by atoms with Crippen LogP contribution in [0.4, 0.5) is 11.4 Å². The second kappa shape index (κ2) is 30.9. The molecule has 0 unspecified atom stereocenters. The zero-order valence-electron chi connectivity index (χ0n) is 27.6. The highest BCUT2D eigenvalue weighted by atomic mass is 14.5. The smallest absolute Gasteiger partial charge is 0.0314 e. The third kappa shape index (κ3) is 26.6. The van der Waals surface area contributed by atoms with E-state index in [-0.39, 0.29) is 0 Å². The lowest BCUT2D eigenvalue weighted by molar-refractivity contribution is 0.531. The van der Waals surface area contributed by atoms with Crippen molar-refractivity contribution in [3.8, 4) is 11.1 Å². The van der Waals surface area contributed by atoms with Gasteiger partial charge in [-0.15, -0.1) is 0 Å². The lowest BCUT2D eigenvalue weighted by atomic mass is 10.0. The van der Waals surface area contributed by atoms with Crippen molar-refractivity contribution < 1.29 is 0 Å². The highest BCUT2D eigenvalue weighted by Crippen LogP contribution is 2.21. The maximum Gasteiger partial charge on any atom is 0.0314 e. The van der Waals surface area contributed by atoms with Crippen molar-refractivity contribution in [3.63, 3.8) is 0 Å². The fraction of sp³-hybridized carbons (Fsp3) is 0.684. The molecule has 2 aromatic rings. The van der Waals surface area contributed by atoms with Gasteiger partial charge in [-0.3, -0.25) is 0 Å². The number of rotatable bonds is 22. The molecular formula is C38H69N3. The first kappa shape index (κ1) is 39.0. The normalized spacial score (nSPS) is 10.4. The molecule has 0 fully saturated rings. The van der Waals surface area contributed by atoms with E-state index in [0.29, 0.717) is 0 Å². The number of anilines is 2. The minimum atomic E-state index is 0.782. The van der Waals surface area contributed by atoms with Crippen LogP contribution in [0.1, 0.15) is 162 Å². The Morgan fingerprint density at radius 3 is 0.780 bits per heavy atom. The Morgan fingerprint density at radius 1 is 0.341 bits per heavy atom. The summed E-state index contributed by atoms with van der Waals surface area (Å²) >= 11 is 0. The molecule has 0 aromatic heterocycles. The Bertz CT molecular complexity index is 689. The molecule has 0 aliphatic rings. The van der Waals surface area contributed by atoms with Crippen LogP contribution < -0.4 is 17.2 Å². The fourth-order valence-electron chi connectivity index (χ4n) is 4.90. The molecule has 0 saturated heterocycles. The van der Waals surface area contributed by atoms with Gasteiger partial charge in [-0.1, -0.05) is 180 Å². The molecule has 41 heavy (non-hydrogen) atoms. The van der Waals surface area contributed by atoms with E-state index in [1.54, 1.807) is 0 Å². The molecule has 0 spiro atoms. The molecular weight excluding hydrogens is 498 g/mol. The molecule has 0 aliphatic carbocycles. The van der Waals surface area contributed by atoms with E-state index < -0.39 is 0 Å². The molecule has 0 saturated carbocycles. The number of hydrogen-bond donors (Lipinski definition) is 3. The van der Waals surface area contributed by atoms with Gasteiger partial charge in [0.15, 0.2) is 0 Å². The summed E-state index contributed by atoms with van der Waals surface area (Å²) in [6.45, 7) is 7.69. The van der Waals surface area contributed by atoms with Crippen LogP contribution >= 0.6 is 0 Å². The molecule has 6 N–H and O–H groups in total. The molecule has 0 atom stereocenters. The van der Waals surface area contributed by atoms with Crippen LogP contribution in [0.25, 0.3) is 11.1 Å². The Balaban J connectivity index is 0.000000618. The summed E-state index contributed by atoms with van der Waals surface area (Å²) in [5.74, 6) is 0. The quantitative estimate of drug-likeness (QED) is 0.0977. The van der Waals surface area contributed by atoms with Crippen LogP contribution in [0.5, 0.6) is 0 Å².